The second-order valence-electron chi connectivity index (χ2n) is 2.49. The van der Waals surface area contributed by atoms with Gasteiger partial charge in [-0.25, -0.2) is 0 Å². The maximum absolute atomic E-state index is 10.5. The van der Waals surface area contributed by atoms with Gasteiger partial charge in [0.2, 0.25) is 0 Å². The number of aryl methyl sites for hydroxylation is 1. The fourth-order valence-corrected chi connectivity index (χ4v) is 1.30. The van der Waals surface area contributed by atoms with Crippen LogP contribution in [-0.4, -0.2) is 8.42 Å². The summed E-state index contributed by atoms with van der Waals surface area (Å²) in [6.45, 7) is 1.79. The van der Waals surface area contributed by atoms with Gasteiger partial charge >= 0.3 is 10.3 Å². The van der Waals surface area contributed by atoms with Gasteiger partial charge in [0.25, 0.3) is 0 Å². The second-order valence-corrected chi connectivity index (χ2v) is 4.05. The minimum Gasteiger partial charge on any atom is -0.371 e. The zero-order valence-electron chi connectivity index (χ0n) is 6.82. The van der Waals surface area contributed by atoms with E-state index < -0.39 is 10.3 Å². The molecule has 0 fully saturated rings. The van der Waals surface area contributed by atoms with Crippen molar-refractivity contribution < 1.29 is 12.6 Å². The normalized spacial score (nSPS) is 11.3. The highest BCUT2D eigenvalue weighted by atomic mass is 35.5. The fourth-order valence-electron chi connectivity index (χ4n) is 0.760. The molecule has 0 aliphatic rings. The van der Waals surface area contributed by atoms with Crippen molar-refractivity contribution in [2.24, 2.45) is 5.14 Å². The molecule has 0 aliphatic carbocycles. The van der Waals surface area contributed by atoms with E-state index in [1.54, 1.807) is 13.0 Å². The van der Waals surface area contributed by atoms with Gasteiger partial charge in [0.05, 0.1) is 0 Å². The van der Waals surface area contributed by atoms with Crippen LogP contribution in [-0.2, 0) is 10.3 Å². The minimum absolute atomic E-state index is 0.109. The first-order chi connectivity index (χ1) is 5.88. The first kappa shape index (κ1) is 10.3. The Labute approximate surface area is 81.5 Å². The first-order valence-electron chi connectivity index (χ1n) is 3.37. The summed E-state index contributed by atoms with van der Waals surface area (Å²) < 4.78 is 25.4. The molecule has 0 unspecified atom stereocenters. The van der Waals surface area contributed by atoms with Crippen LogP contribution in [0.15, 0.2) is 18.2 Å². The predicted molar refractivity (Wildman–Crippen MR) is 49.9 cm³/mol. The van der Waals surface area contributed by atoms with E-state index in [4.69, 9.17) is 11.6 Å². The number of halogens is 1. The van der Waals surface area contributed by atoms with E-state index in [1.807, 2.05) is 0 Å². The minimum atomic E-state index is -3.97. The molecule has 0 saturated carbocycles. The van der Waals surface area contributed by atoms with Crippen LogP contribution in [0, 0.1) is 6.92 Å². The van der Waals surface area contributed by atoms with Crippen LogP contribution >= 0.6 is 11.6 Å². The molecule has 0 heterocycles. The predicted octanol–water partition coefficient (Wildman–Crippen LogP) is 1.23. The third kappa shape index (κ3) is 3.22. The van der Waals surface area contributed by atoms with Crippen LogP contribution in [0.3, 0.4) is 0 Å². The van der Waals surface area contributed by atoms with Crippen LogP contribution in [0.4, 0.5) is 0 Å². The van der Waals surface area contributed by atoms with Crippen LogP contribution in [0.5, 0.6) is 5.75 Å². The van der Waals surface area contributed by atoms with E-state index >= 15 is 0 Å². The Kier molecular flexibility index (Phi) is 2.80. The van der Waals surface area contributed by atoms with Gasteiger partial charge < -0.3 is 4.18 Å². The Hall–Kier alpha value is -0.780. The van der Waals surface area contributed by atoms with E-state index in [0.717, 1.165) is 5.56 Å². The standard InChI is InChI=1S/C7H8ClNO3S/c1-5-2-3-6(4-7(5)8)12-13(9,10)11/h2-4H,1H3,(H2,9,10,11). The summed E-state index contributed by atoms with van der Waals surface area (Å²) >= 11 is 5.73. The highest BCUT2D eigenvalue weighted by Gasteiger charge is 2.05. The van der Waals surface area contributed by atoms with Crippen molar-refractivity contribution in [2.75, 3.05) is 0 Å². The molecule has 1 rings (SSSR count). The number of nitrogens with two attached hydrogens (primary N) is 1. The Bertz CT molecular complexity index is 416. The molecule has 1 aromatic carbocycles. The summed E-state index contributed by atoms with van der Waals surface area (Å²) in [6.07, 6.45) is 0. The number of hydrogen-bond acceptors (Lipinski definition) is 3. The van der Waals surface area contributed by atoms with Crippen LogP contribution in [0.2, 0.25) is 5.02 Å². The smallest absolute Gasteiger partial charge is 0.371 e. The van der Waals surface area contributed by atoms with Gasteiger partial charge in [-0.3, -0.25) is 0 Å². The monoisotopic (exact) mass is 221 g/mol. The molecule has 0 spiro atoms. The summed E-state index contributed by atoms with van der Waals surface area (Å²) in [5.41, 5.74) is 0.837. The third-order valence-electron chi connectivity index (χ3n) is 1.36. The lowest BCUT2D eigenvalue weighted by molar-refractivity contribution is 0.487. The molecule has 0 saturated heterocycles. The van der Waals surface area contributed by atoms with Crippen molar-refractivity contribution in [3.63, 3.8) is 0 Å². The van der Waals surface area contributed by atoms with Crippen LogP contribution in [0.1, 0.15) is 5.56 Å². The summed E-state index contributed by atoms with van der Waals surface area (Å²) in [4.78, 5) is 0. The maximum Gasteiger partial charge on any atom is 0.380 e. The lowest BCUT2D eigenvalue weighted by Crippen LogP contribution is -2.18. The van der Waals surface area contributed by atoms with Crippen molar-refractivity contribution in [2.45, 2.75) is 6.92 Å². The van der Waals surface area contributed by atoms with E-state index in [9.17, 15) is 8.42 Å². The molecule has 6 heteroatoms. The zero-order valence-corrected chi connectivity index (χ0v) is 8.39. The molecular weight excluding hydrogens is 214 g/mol. The molecule has 0 amide bonds. The van der Waals surface area contributed by atoms with Gasteiger partial charge in [-0.2, -0.15) is 13.6 Å². The summed E-state index contributed by atoms with van der Waals surface area (Å²) in [5.74, 6) is 0.109. The first-order valence-corrected chi connectivity index (χ1v) is 5.22. The number of hydrogen-bond donors (Lipinski definition) is 1. The Morgan fingerprint density at radius 3 is 2.54 bits per heavy atom. The van der Waals surface area contributed by atoms with Gasteiger partial charge in [-0.15, -0.1) is 0 Å². The van der Waals surface area contributed by atoms with E-state index in [2.05, 4.69) is 9.32 Å². The molecule has 0 aromatic heterocycles. The summed E-state index contributed by atoms with van der Waals surface area (Å²) in [6, 6.07) is 4.51. The third-order valence-corrected chi connectivity index (χ3v) is 2.19. The largest absolute Gasteiger partial charge is 0.380 e. The van der Waals surface area contributed by atoms with Crippen molar-refractivity contribution in [3.8, 4) is 5.75 Å². The Balaban J connectivity index is 2.99. The number of benzene rings is 1. The molecule has 13 heavy (non-hydrogen) atoms. The average molecular weight is 222 g/mol. The Morgan fingerprint density at radius 2 is 2.08 bits per heavy atom. The summed E-state index contributed by atoms with van der Waals surface area (Å²) in [7, 11) is -3.97. The molecule has 1 aromatic rings. The molecule has 4 nitrogen and oxygen atoms in total. The zero-order chi connectivity index (χ0) is 10.1. The lowest BCUT2D eigenvalue weighted by Gasteiger charge is -2.03. The maximum atomic E-state index is 10.5. The van der Waals surface area contributed by atoms with Gasteiger partial charge in [-0.1, -0.05) is 17.7 Å². The van der Waals surface area contributed by atoms with Gasteiger partial charge in [0.15, 0.2) is 0 Å². The van der Waals surface area contributed by atoms with Crippen molar-refractivity contribution in [1.82, 2.24) is 0 Å². The highest BCUT2D eigenvalue weighted by molar-refractivity contribution is 7.84. The quantitative estimate of drug-likeness (QED) is 0.817. The van der Waals surface area contributed by atoms with E-state index in [0.29, 0.717) is 5.02 Å². The van der Waals surface area contributed by atoms with Gasteiger partial charge in [0, 0.05) is 11.1 Å². The average Bonchev–Trinajstić information content (AvgIpc) is 1.94. The molecule has 72 valence electrons. The van der Waals surface area contributed by atoms with Crippen LogP contribution in [0.25, 0.3) is 0 Å². The molecule has 0 bridgehead atoms. The topological polar surface area (TPSA) is 69.4 Å². The van der Waals surface area contributed by atoms with Crippen molar-refractivity contribution in [1.29, 1.82) is 0 Å². The number of rotatable bonds is 2. The van der Waals surface area contributed by atoms with Gasteiger partial charge in [-0.05, 0) is 18.6 Å². The molecule has 0 atom stereocenters. The summed E-state index contributed by atoms with van der Waals surface area (Å²) in [5, 5.41) is 5.09. The molecule has 0 aliphatic heterocycles. The molecule has 0 radical (unpaired) electrons. The van der Waals surface area contributed by atoms with Gasteiger partial charge in [0.1, 0.15) is 5.75 Å². The van der Waals surface area contributed by atoms with E-state index in [-0.39, 0.29) is 5.75 Å². The second kappa shape index (κ2) is 3.53. The Morgan fingerprint density at radius 1 is 1.46 bits per heavy atom. The van der Waals surface area contributed by atoms with Crippen LogP contribution < -0.4 is 9.32 Å². The van der Waals surface area contributed by atoms with E-state index in [1.165, 1.54) is 12.1 Å². The molecule has 2 N–H and O–H groups in total. The lowest BCUT2D eigenvalue weighted by atomic mass is 10.2. The molecular formula is C7H8ClNO3S. The van der Waals surface area contributed by atoms with Crippen molar-refractivity contribution >= 4 is 21.9 Å². The SMILES string of the molecule is Cc1ccc(OS(N)(=O)=O)cc1Cl. The highest BCUT2D eigenvalue weighted by Crippen LogP contribution is 2.22. The van der Waals surface area contributed by atoms with Crippen molar-refractivity contribution in [3.05, 3.63) is 28.8 Å². The fraction of sp³-hybridized carbons (Fsp3) is 0.143.